The Kier molecular flexibility index (Phi) is 1.50. The molecule has 0 saturated heterocycles. The predicted molar refractivity (Wildman–Crippen MR) is 45.0 cm³/mol. The van der Waals surface area contributed by atoms with Gasteiger partial charge in [0.25, 0.3) is 0 Å². The summed E-state index contributed by atoms with van der Waals surface area (Å²) in [7, 11) is 0. The molecule has 0 bridgehead atoms. The quantitative estimate of drug-likeness (QED) is 0.531. The zero-order valence-corrected chi connectivity index (χ0v) is 6.29. The van der Waals surface area contributed by atoms with Crippen molar-refractivity contribution in [1.29, 1.82) is 0 Å². The zero-order valence-electron chi connectivity index (χ0n) is 5.47. The third-order valence-electron chi connectivity index (χ3n) is 1.81. The Morgan fingerprint density at radius 3 is 3.30 bits per heavy atom. The van der Waals surface area contributed by atoms with Gasteiger partial charge in [0, 0.05) is 6.21 Å². The van der Waals surface area contributed by atoms with E-state index in [1.807, 2.05) is 11.8 Å². The van der Waals surface area contributed by atoms with Crippen molar-refractivity contribution in [2.45, 2.75) is 17.3 Å². The van der Waals surface area contributed by atoms with Gasteiger partial charge in [-0.25, -0.2) is 0 Å². The molecule has 0 amide bonds. The Balaban J connectivity index is 2.19. The molecule has 0 radical (unpaired) electrons. The minimum Gasteiger partial charge on any atom is -0.321 e. The second-order valence-electron chi connectivity index (χ2n) is 2.51. The molecule has 0 aromatic heterocycles. The third kappa shape index (κ3) is 0.876. The van der Waals surface area contributed by atoms with Gasteiger partial charge in [-0.15, -0.1) is 11.8 Å². The van der Waals surface area contributed by atoms with Crippen molar-refractivity contribution in [3.8, 4) is 0 Å². The lowest BCUT2D eigenvalue weighted by Gasteiger charge is -2.22. The summed E-state index contributed by atoms with van der Waals surface area (Å²) in [5, 5.41) is 0.514. The second kappa shape index (κ2) is 2.36. The van der Waals surface area contributed by atoms with Crippen LogP contribution in [-0.4, -0.2) is 35.6 Å². The van der Waals surface area contributed by atoms with E-state index < -0.39 is 0 Å². The van der Waals surface area contributed by atoms with E-state index in [4.69, 9.17) is 5.73 Å². The molecule has 10 heavy (non-hydrogen) atoms. The van der Waals surface area contributed by atoms with Gasteiger partial charge in [0.05, 0.1) is 29.4 Å². The van der Waals surface area contributed by atoms with Crippen LogP contribution in [0.3, 0.4) is 0 Å². The van der Waals surface area contributed by atoms with Crippen LogP contribution in [0, 0.1) is 0 Å². The molecule has 2 aliphatic rings. The molecule has 4 heteroatoms. The van der Waals surface area contributed by atoms with Gasteiger partial charge >= 0.3 is 0 Å². The highest BCUT2D eigenvalue weighted by Crippen LogP contribution is 2.25. The van der Waals surface area contributed by atoms with Crippen LogP contribution in [-0.2, 0) is 0 Å². The summed E-state index contributed by atoms with van der Waals surface area (Å²) in [6.45, 7) is 0.878. The van der Waals surface area contributed by atoms with E-state index in [2.05, 4.69) is 9.98 Å². The van der Waals surface area contributed by atoms with E-state index >= 15 is 0 Å². The van der Waals surface area contributed by atoms with E-state index in [1.54, 1.807) is 11.8 Å². The molecule has 0 spiro atoms. The summed E-state index contributed by atoms with van der Waals surface area (Å²) in [5.41, 5.74) is 7.64. The van der Waals surface area contributed by atoms with Crippen LogP contribution in [0.15, 0.2) is 9.98 Å². The molecule has 0 fully saturated rings. The number of hydrogen-bond acceptors (Lipinski definition) is 4. The summed E-state index contributed by atoms with van der Waals surface area (Å²) in [6.07, 6.45) is 1.81. The monoisotopic (exact) mass is 155 g/mol. The highest BCUT2D eigenvalue weighted by Gasteiger charge is 2.31. The van der Waals surface area contributed by atoms with Crippen molar-refractivity contribution in [3.05, 3.63) is 0 Å². The van der Waals surface area contributed by atoms with E-state index in [0.717, 1.165) is 6.54 Å². The fourth-order valence-corrected chi connectivity index (χ4v) is 2.18. The molecule has 3 unspecified atom stereocenters. The largest absolute Gasteiger partial charge is 0.321 e. The molecule has 2 N–H and O–H groups in total. The van der Waals surface area contributed by atoms with Crippen molar-refractivity contribution in [2.75, 3.05) is 6.54 Å². The van der Waals surface area contributed by atoms with Crippen molar-refractivity contribution in [3.63, 3.8) is 0 Å². The Hall–Kier alpha value is -0.350. The minimum atomic E-state index is 0.0463. The zero-order chi connectivity index (χ0) is 6.97. The Labute approximate surface area is 63.8 Å². The summed E-state index contributed by atoms with van der Waals surface area (Å²) >= 11 is 1.74. The van der Waals surface area contributed by atoms with Crippen LogP contribution in [0.5, 0.6) is 0 Å². The molecular weight excluding hydrogens is 146 g/mol. The second-order valence-corrected chi connectivity index (χ2v) is 3.60. The summed E-state index contributed by atoms with van der Waals surface area (Å²) in [6, 6.07) is 0.340. The van der Waals surface area contributed by atoms with Crippen LogP contribution >= 0.6 is 11.8 Å². The van der Waals surface area contributed by atoms with Crippen molar-refractivity contribution in [2.24, 2.45) is 15.7 Å². The van der Waals surface area contributed by atoms with Crippen LogP contribution < -0.4 is 5.73 Å². The number of fused-ring (bicyclic) bond motifs is 1. The molecule has 0 aromatic carbocycles. The normalized spacial score (nSPS) is 43.9. The maximum atomic E-state index is 5.74. The topological polar surface area (TPSA) is 50.7 Å². The van der Waals surface area contributed by atoms with Gasteiger partial charge in [0.15, 0.2) is 0 Å². The molecule has 2 rings (SSSR count). The SMILES string of the molecule is NC1C=NCC2SC=NC12. The highest BCUT2D eigenvalue weighted by molar-refractivity contribution is 8.13. The molecule has 0 aliphatic carbocycles. The summed E-state index contributed by atoms with van der Waals surface area (Å²) in [5.74, 6) is 0. The van der Waals surface area contributed by atoms with E-state index in [-0.39, 0.29) is 6.04 Å². The van der Waals surface area contributed by atoms with Crippen molar-refractivity contribution in [1.82, 2.24) is 0 Å². The van der Waals surface area contributed by atoms with Gasteiger partial charge in [-0.05, 0) is 0 Å². The number of nitrogens with two attached hydrogens (primary N) is 1. The summed E-state index contributed by atoms with van der Waals surface area (Å²) < 4.78 is 0. The van der Waals surface area contributed by atoms with Gasteiger partial charge in [-0.1, -0.05) is 0 Å². The number of thioether (sulfide) groups is 1. The molecule has 3 atom stereocenters. The molecule has 0 aromatic rings. The maximum absolute atomic E-state index is 5.74. The molecule has 3 nitrogen and oxygen atoms in total. The van der Waals surface area contributed by atoms with Gasteiger partial charge in [0.1, 0.15) is 0 Å². The van der Waals surface area contributed by atoms with Gasteiger partial charge in [-0.3, -0.25) is 9.98 Å². The number of hydrogen-bond donors (Lipinski definition) is 1. The van der Waals surface area contributed by atoms with Gasteiger partial charge < -0.3 is 5.73 Å². The smallest absolute Gasteiger partial charge is 0.0847 e. The molecule has 0 saturated carbocycles. The van der Waals surface area contributed by atoms with Crippen molar-refractivity contribution < 1.29 is 0 Å². The average Bonchev–Trinajstić information content (AvgIpc) is 2.36. The van der Waals surface area contributed by atoms with Gasteiger partial charge in [-0.2, -0.15) is 0 Å². The lowest BCUT2D eigenvalue weighted by Crippen LogP contribution is -2.44. The highest BCUT2D eigenvalue weighted by atomic mass is 32.2. The number of nitrogens with zero attached hydrogens (tertiary/aromatic N) is 2. The Morgan fingerprint density at radius 2 is 2.50 bits per heavy atom. The van der Waals surface area contributed by atoms with Crippen LogP contribution in [0.4, 0.5) is 0 Å². The molecule has 54 valence electrons. The number of rotatable bonds is 0. The van der Waals surface area contributed by atoms with Crippen LogP contribution in [0.25, 0.3) is 0 Å². The first kappa shape index (κ1) is 6.37. The lowest BCUT2D eigenvalue weighted by atomic mass is 10.1. The van der Waals surface area contributed by atoms with Crippen LogP contribution in [0.1, 0.15) is 0 Å². The molecular formula is C6H9N3S. The maximum Gasteiger partial charge on any atom is 0.0847 e. The first-order chi connectivity index (χ1) is 4.88. The fraction of sp³-hybridized carbons (Fsp3) is 0.667. The fourth-order valence-electron chi connectivity index (χ4n) is 1.23. The first-order valence-corrected chi connectivity index (χ1v) is 4.25. The Morgan fingerprint density at radius 1 is 1.60 bits per heavy atom. The number of aliphatic imine (C=N–C) groups is 2. The van der Waals surface area contributed by atoms with Crippen molar-refractivity contribution >= 4 is 23.5 Å². The standard InChI is InChI=1S/C6H9N3S/c7-4-1-8-2-5-6(4)9-3-10-5/h1,3-6H,2,7H2. The van der Waals surface area contributed by atoms with Crippen LogP contribution in [0.2, 0.25) is 0 Å². The molecule has 2 heterocycles. The lowest BCUT2D eigenvalue weighted by molar-refractivity contribution is 0.593. The summed E-state index contributed by atoms with van der Waals surface area (Å²) in [4.78, 5) is 8.41. The van der Waals surface area contributed by atoms with E-state index in [1.165, 1.54) is 0 Å². The predicted octanol–water partition coefficient (Wildman–Crippen LogP) is -0.0896. The van der Waals surface area contributed by atoms with E-state index in [0.29, 0.717) is 11.3 Å². The molecule has 2 aliphatic heterocycles. The minimum absolute atomic E-state index is 0.0463. The van der Waals surface area contributed by atoms with E-state index in [9.17, 15) is 0 Å². The average molecular weight is 155 g/mol. The third-order valence-corrected chi connectivity index (χ3v) is 2.83. The Bertz CT molecular complexity index is 189. The van der Waals surface area contributed by atoms with Gasteiger partial charge in [0.2, 0.25) is 0 Å². The first-order valence-electron chi connectivity index (χ1n) is 3.30.